The normalized spacial score (nSPS) is 16.0. The quantitative estimate of drug-likeness (QED) is 0.684. The summed E-state index contributed by atoms with van der Waals surface area (Å²) < 4.78 is 0. The van der Waals surface area contributed by atoms with Crippen molar-refractivity contribution in [2.45, 2.75) is 52.0 Å². The Bertz CT molecular complexity index is 424. The van der Waals surface area contributed by atoms with Crippen LogP contribution in [0.2, 0.25) is 0 Å². The van der Waals surface area contributed by atoms with Crippen LogP contribution in [0.4, 0.5) is 0 Å². The Kier molecular flexibility index (Phi) is 7.44. The number of hydrogen-bond donors (Lipinski definition) is 0. The first-order valence-corrected chi connectivity index (χ1v) is 8.83. The number of benzene rings is 1. The summed E-state index contributed by atoms with van der Waals surface area (Å²) >= 11 is 0. The van der Waals surface area contributed by atoms with Crippen LogP contribution in [0.3, 0.4) is 0 Å². The first-order valence-electron chi connectivity index (χ1n) is 8.83. The molecule has 1 aliphatic rings. The highest BCUT2D eigenvalue weighted by atomic mass is 16.2. The van der Waals surface area contributed by atoms with E-state index in [1.54, 1.807) is 0 Å². The number of carbonyl (C=O) groups is 1. The van der Waals surface area contributed by atoms with Crippen LogP contribution in [0.15, 0.2) is 30.3 Å². The Labute approximate surface area is 135 Å². The highest BCUT2D eigenvalue weighted by molar-refractivity contribution is 5.76. The molecule has 22 heavy (non-hydrogen) atoms. The first kappa shape index (κ1) is 17.0. The average Bonchev–Trinajstić information content (AvgIpc) is 2.56. The van der Waals surface area contributed by atoms with Crippen molar-refractivity contribution in [2.24, 2.45) is 0 Å². The van der Waals surface area contributed by atoms with E-state index in [1.165, 1.54) is 31.2 Å². The van der Waals surface area contributed by atoms with Gasteiger partial charge in [-0.05, 0) is 12.0 Å². The van der Waals surface area contributed by atoms with Gasteiger partial charge in [-0.25, -0.2) is 0 Å². The summed E-state index contributed by atoms with van der Waals surface area (Å²) in [5.74, 6) is 0.357. The number of hydrogen-bond acceptors (Lipinski definition) is 2. The van der Waals surface area contributed by atoms with E-state index >= 15 is 0 Å². The summed E-state index contributed by atoms with van der Waals surface area (Å²) in [6.07, 6.45) is 6.83. The molecule has 1 saturated heterocycles. The Morgan fingerprint density at radius 1 is 0.955 bits per heavy atom. The second kappa shape index (κ2) is 9.62. The maximum atomic E-state index is 12.2. The van der Waals surface area contributed by atoms with Gasteiger partial charge in [-0.2, -0.15) is 0 Å². The van der Waals surface area contributed by atoms with Crippen LogP contribution in [0.5, 0.6) is 0 Å². The molecule has 1 aromatic rings. The minimum Gasteiger partial charge on any atom is -0.340 e. The molecule has 1 amide bonds. The maximum absolute atomic E-state index is 12.2. The third-order valence-corrected chi connectivity index (χ3v) is 4.47. The second-order valence-electron chi connectivity index (χ2n) is 6.31. The third kappa shape index (κ3) is 5.80. The molecule has 0 spiro atoms. The molecule has 0 bridgehead atoms. The number of nitrogens with zero attached hydrogens (tertiary/aromatic N) is 2. The van der Waals surface area contributed by atoms with E-state index in [-0.39, 0.29) is 0 Å². The van der Waals surface area contributed by atoms with Crippen LogP contribution in [0, 0.1) is 0 Å². The second-order valence-corrected chi connectivity index (χ2v) is 6.31. The fraction of sp³-hybridized carbons (Fsp3) is 0.632. The van der Waals surface area contributed by atoms with Gasteiger partial charge in [0.15, 0.2) is 0 Å². The van der Waals surface area contributed by atoms with Crippen molar-refractivity contribution < 1.29 is 4.79 Å². The summed E-state index contributed by atoms with van der Waals surface area (Å²) in [6.45, 7) is 6.99. The summed E-state index contributed by atoms with van der Waals surface area (Å²) in [4.78, 5) is 16.7. The minimum absolute atomic E-state index is 0.357. The topological polar surface area (TPSA) is 23.6 Å². The first-order chi connectivity index (χ1) is 10.8. The third-order valence-electron chi connectivity index (χ3n) is 4.47. The Hall–Kier alpha value is -1.35. The molecule has 1 fully saturated rings. The van der Waals surface area contributed by atoms with E-state index in [0.717, 1.165) is 45.6 Å². The standard InChI is InChI=1S/C19H30N2O/c1-2-3-4-5-9-12-19(22)21-15-13-20(14-16-21)17-18-10-7-6-8-11-18/h6-8,10-11H,2-5,9,12-17H2,1H3. The van der Waals surface area contributed by atoms with E-state index in [2.05, 4.69) is 47.1 Å². The van der Waals surface area contributed by atoms with Crippen LogP contribution in [-0.4, -0.2) is 41.9 Å². The number of rotatable bonds is 8. The zero-order chi connectivity index (χ0) is 15.6. The molecule has 0 saturated carbocycles. The van der Waals surface area contributed by atoms with Gasteiger partial charge in [-0.3, -0.25) is 9.69 Å². The van der Waals surface area contributed by atoms with E-state index in [1.807, 2.05) is 0 Å². The van der Waals surface area contributed by atoms with Gasteiger partial charge in [-0.15, -0.1) is 0 Å². The van der Waals surface area contributed by atoms with Crippen molar-refractivity contribution in [3.8, 4) is 0 Å². The summed E-state index contributed by atoms with van der Waals surface area (Å²) in [5.41, 5.74) is 1.36. The summed E-state index contributed by atoms with van der Waals surface area (Å²) in [5, 5.41) is 0. The molecular formula is C19H30N2O. The Morgan fingerprint density at radius 3 is 2.32 bits per heavy atom. The number of carbonyl (C=O) groups excluding carboxylic acids is 1. The SMILES string of the molecule is CCCCCCCC(=O)N1CCN(Cc2ccccc2)CC1. The molecule has 3 heteroatoms. The Morgan fingerprint density at radius 2 is 1.64 bits per heavy atom. The van der Waals surface area contributed by atoms with Crippen LogP contribution in [0.1, 0.15) is 51.0 Å². The summed E-state index contributed by atoms with van der Waals surface area (Å²) in [6, 6.07) is 10.6. The van der Waals surface area contributed by atoms with Crippen LogP contribution in [0.25, 0.3) is 0 Å². The van der Waals surface area contributed by atoms with Crippen molar-refractivity contribution in [2.75, 3.05) is 26.2 Å². The van der Waals surface area contributed by atoms with Gasteiger partial charge >= 0.3 is 0 Å². The van der Waals surface area contributed by atoms with Gasteiger partial charge in [0.2, 0.25) is 5.91 Å². The Balaban J connectivity index is 1.63. The molecule has 1 aliphatic heterocycles. The predicted molar refractivity (Wildman–Crippen MR) is 91.7 cm³/mol. The fourth-order valence-electron chi connectivity index (χ4n) is 3.03. The molecule has 0 aromatic heterocycles. The van der Waals surface area contributed by atoms with E-state index in [0.29, 0.717) is 5.91 Å². The van der Waals surface area contributed by atoms with Crippen LogP contribution < -0.4 is 0 Å². The summed E-state index contributed by atoms with van der Waals surface area (Å²) in [7, 11) is 0. The van der Waals surface area contributed by atoms with E-state index in [4.69, 9.17) is 0 Å². The van der Waals surface area contributed by atoms with E-state index < -0.39 is 0 Å². The molecular weight excluding hydrogens is 272 g/mol. The molecule has 1 aromatic carbocycles. The van der Waals surface area contributed by atoms with Gasteiger partial charge in [0.25, 0.3) is 0 Å². The zero-order valence-electron chi connectivity index (χ0n) is 14.0. The van der Waals surface area contributed by atoms with Crippen molar-refractivity contribution in [3.63, 3.8) is 0 Å². The van der Waals surface area contributed by atoms with Crippen molar-refractivity contribution >= 4 is 5.91 Å². The lowest BCUT2D eigenvalue weighted by Gasteiger charge is -2.34. The number of piperazine rings is 1. The fourth-order valence-corrected chi connectivity index (χ4v) is 3.03. The predicted octanol–water partition coefficient (Wildman–Crippen LogP) is 3.69. The van der Waals surface area contributed by atoms with Crippen molar-refractivity contribution in [3.05, 3.63) is 35.9 Å². The zero-order valence-corrected chi connectivity index (χ0v) is 14.0. The molecule has 0 radical (unpaired) electrons. The van der Waals surface area contributed by atoms with Crippen LogP contribution >= 0.6 is 0 Å². The van der Waals surface area contributed by atoms with Crippen molar-refractivity contribution in [1.82, 2.24) is 9.80 Å². The number of amides is 1. The van der Waals surface area contributed by atoms with E-state index in [9.17, 15) is 4.79 Å². The maximum Gasteiger partial charge on any atom is 0.222 e. The molecule has 0 N–H and O–H groups in total. The molecule has 0 aliphatic carbocycles. The molecule has 1 heterocycles. The minimum atomic E-state index is 0.357. The molecule has 0 atom stereocenters. The molecule has 0 unspecified atom stereocenters. The lowest BCUT2D eigenvalue weighted by atomic mass is 10.1. The lowest BCUT2D eigenvalue weighted by Crippen LogP contribution is -2.48. The van der Waals surface area contributed by atoms with Gasteiger partial charge in [0.05, 0.1) is 0 Å². The van der Waals surface area contributed by atoms with Gasteiger partial charge < -0.3 is 4.90 Å². The number of unbranched alkanes of at least 4 members (excludes halogenated alkanes) is 4. The lowest BCUT2D eigenvalue weighted by molar-refractivity contribution is -0.133. The monoisotopic (exact) mass is 302 g/mol. The van der Waals surface area contributed by atoms with Gasteiger partial charge in [0, 0.05) is 39.1 Å². The highest BCUT2D eigenvalue weighted by Crippen LogP contribution is 2.11. The van der Waals surface area contributed by atoms with Crippen LogP contribution in [-0.2, 0) is 11.3 Å². The largest absolute Gasteiger partial charge is 0.340 e. The molecule has 122 valence electrons. The van der Waals surface area contributed by atoms with Gasteiger partial charge in [0.1, 0.15) is 0 Å². The average molecular weight is 302 g/mol. The molecule has 2 rings (SSSR count). The van der Waals surface area contributed by atoms with Crippen molar-refractivity contribution in [1.29, 1.82) is 0 Å². The smallest absolute Gasteiger partial charge is 0.222 e. The van der Waals surface area contributed by atoms with Gasteiger partial charge in [-0.1, -0.05) is 62.9 Å². The molecule has 3 nitrogen and oxygen atoms in total. The highest BCUT2D eigenvalue weighted by Gasteiger charge is 2.20.